The SMILES string of the molecule is O=C(O)Cc1cn(-c2ccccn2)cn1. The topological polar surface area (TPSA) is 68.0 Å². The average molecular weight is 203 g/mol. The summed E-state index contributed by atoms with van der Waals surface area (Å²) in [5, 5.41) is 8.58. The fourth-order valence-corrected chi connectivity index (χ4v) is 1.24. The van der Waals surface area contributed by atoms with Crippen molar-refractivity contribution in [3.05, 3.63) is 42.6 Å². The second-order valence-corrected chi connectivity index (χ2v) is 3.03. The van der Waals surface area contributed by atoms with Gasteiger partial charge in [0.15, 0.2) is 0 Å². The van der Waals surface area contributed by atoms with E-state index >= 15 is 0 Å². The van der Waals surface area contributed by atoms with E-state index in [2.05, 4.69) is 9.97 Å². The molecule has 0 saturated carbocycles. The molecule has 2 aromatic heterocycles. The second kappa shape index (κ2) is 3.91. The van der Waals surface area contributed by atoms with Gasteiger partial charge in [0.2, 0.25) is 0 Å². The normalized spacial score (nSPS) is 10.1. The Hall–Kier alpha value is -2.17. The first-order valence-corrected chi connectivity index (χ1v) is 4.42. The van der Waals surface area contributed by atoms with E-state index in [9.17, 15) is 4.79 Å². The van der Waals surface area contributed by atoms with Gasteiger partial charge in [0, 0.05) is 12.4 Å². The van der Waals surface area contributed by atoms with Gasteiger partial charge in [-0.25, -0.2) is 9.97 Å². The van der Waals surface area contributed by atoms with E-state index in [0.717, 1.165) is 5.82 Å². The molecule has 0 unspecified atom stereocenters. The van der Waals surface area contributed by atoms with Gasteiger partial charge < -0.3 is 5.11 Å². The lowest BCUT2D eigenvalue weighted by Crippen LogP contribution is -2.00. The third-order valence-corrected chi connectivity index (χ3v) is 1.88. The Morgan fingerprint density at radius 2 is 2.27 bits per heavy atom. The second-order valence-electron chi connectivity index (χ2n) is 3.03. The van der Waals surface area contributed by atoms with E-state index in [0.29, 0.717) is 5.69 Å². The molecule has 0 amide bonds. The highest BCUT2D eigenvalue weighted by molar-refractivity contribution is 5.69. The van der Waals surface area contributed by atoms with Crippen molar-refractivity contribution in [2.24, 2.45) is 0 Å². The number of aromatic nitrogens is 3. The molecule has 0 atom stereocenters. The molecule has 2 rings (SSSR count). The highest BCUT2D eigenvalue weighted by Gasteiger charge is 2.04. The fraction of sp³-hybridized carbons (Fsp3) is 0.100. The average Bonchev–Trinajstić information content (AvgIpc) is 2.67. The van der Waals surface area contributed by atoms with Crippen LogP contribution in [0.4, 0.5) is 0 Å². The first-order chi connectivity index (χ1) is 7.25. The van der Waals surface area contributed by atoms with Gasteiger partial charge in [-0.1, -0.05) is 6.07 Å². The predicted octanol–water partition coefficient (Wildman–Crippen LogP) is 0.894. The Morgan fingerprint density at radius 3 is 2.93 bits per heavy atom. The molecule has 15 heavy (non-hydrogen) atoms. The number of aliphatic carboxylic acids is 1. The van der Waals surface area contributed by atoms with Crippen molar-refractivity contribution in [1.29, 1.82) is 0 Å². The molecule has 5 heteroatoms. The van der Waals surface area contributed by atoms with Crippen LogP contribution in [-0.4, -0.2) is 25.6 Å². The number of carboxylic acid groups (broad SMARTS) is 1. The van der Waals surface area contributed by atoms with Gasteiger partial charge in [-0.3, -0.25) is 9.36 Å². The van der Waals surface area contributed by atoms with Gasteiger partial charge in [-0.15, -0.1) is 0 Å². The third kappa shape index (κ3) is 2.19. The number of imidazole rings is 1. The number of hydrogen-bond acceptors (Lipinski definition) is 3. The molecule has 76 valence electrons. The van der Waals surface area contributed by atoms with Crippen molar-refractivity contribution in [2.75, 3.05) is 0 Å². The molecular weight excluding hydrogens is 194 g/mol. The van der Waals surface area contributed by atoms with Crippen molar-refractivity contribution in [2.45, 2.75) is 6.42 Å². The molecule has 1 N–H and O–H groups in total. The van der Waals surface area contributed by atoms with Crippen LogP contribution in [0.15, 0.2) is 36.9 Å². The summed E-state index contributed by atoms with van der Waals surface area (Å²) < 4.78 is 1.69. The molecular formula is C10H9N3O2. The fourth-order valence-electron chi connectivity index (χ4n) is 1.24. The first kappa shape index (κ1) is 9.39. The molecule has 5 nitrogen and oxygen atoms in total. The van der Waals surface area contributed by atoms with Crippen LogP contribution >= 0.6 is 0 Å². The van der Waals surface area contributed by atoms with E-state index < -0.39 is 5.97 Å². The van der Waals surface area contributed by atoms with Gasteiger partial charge in [-0.05, 0) is 12.1 Å². The van der Waals surface area contributed by atoms with Crippen molar-refractivity contribution >= 4 is 5.97 Å². The van der Waals surface area contributed by atoms with Crippen LogP contribution < -0.4 is 0 Å². The van der Waals surface area contributed by atoms with Crippen molar-refractivity contribution in [3.63, 3.8) is 0 Å². The molecule has 2 heterocycles. The summed E-state index contributed by atoms with van der Waals surface area (Å²) in [5.74, 6) is -0.164. The Labute approximate surface area is 86.0 Å². The minimum atomic E-state index is -0.888. The van der Waals surface area contributed by atoms with Crippen LogP contribution in [0.2, 0.25) is 0 Å². The van der Waals surface area contributed by atoms with Crippen molar-refractivity contribution in [3.8, 4) is 5.82 Å². The van der Waals surface area contributed by atoms with Crippen LogP contribution in [0.25, 0.3) is 5.82 Å². The maximum Gasteiger partial charge on any atom is 0.309 e. The minimum Gasteiger partial charge on any atom is -0.481 e. The Bertz CT molecular complexity index is 465. The van der Waals surface area contributed by atoms with E-state index in [4.69, 9.17) is 5.11 Å². The molecule has 0 saturated heterocycles. The molecule has 0 fully saturated rings. The minimum absolute atomic E-state index is 0.0696. The van der Waals surface area contributed by atoms with Crippen molar-refractivity contribution < 1.29 is 9.90 Å². The van der Waals surface area contributed by atoms with Gasteiger partial charge in [0.25, 0.3) is 0 Å². The van der Waals surface area contributed by atoms with Gasteiger partial charge in [0.1, 0.15) is 12.1 Å². The summed E-state index contributed by atoms with van der Waals surface area (Å²) in [7, 11) is 0. The van der Waals surface area contributed by atoms with Crippen LogP contribution in [0.1, 0.15) is 5.69 Å². The molecule has 0 radical (unpaired) electrons. The molecule has 2 aromatic rings. The lowest BCUT2D eigenvalue weighted by molar-refractivity contribution is -0.136. The smallest absolute Gasteiger partial charge is 0.309 e. The first-order valence-electron chi connectivity index (χ1n) is 4.42. The quantitative estimate of drug-likeness (QED) is 0.804. The van der Waals surface area contributed by atoms with Gasteiger partial charge in [0.05, 0.1) is 12.1 Å². The summed E-state index contributed by atoms with van der Waals surface area (Å²) in [4.78, 5) is 18.5. The molecule has 0 bridgehead atoms. The number of pyridine rings is 1. The number of hydrogen-bond donors (Lipinski definition) is 1. The number of carbonyl (C=O) groups is 1. The predicted molar refractivity (Wildman–Crippen MR) is 52.7 cm³/mol. The maximum atomic E-state index is 10.4. The Morgan fingerprint density at radius 1 is 1.40 bits per heavy atom. The molecule has 0 aliphatic rings. The zero-order chi connectivity index (χ0) is 10.7. The van der Waals surface area contributed by atoms with E-state index in [1.807, 2.05) is 18.2 Å². The Kier molecular flexibility index (Phi) is 2.45. The molecule has 0 aromatic carbocycles. The summed E-state index contributed by atoms with van der Waals surface area (Å²) in [6.07, 6.45) is 4.82. The number of nitrogens with zero attached hydrogens (tertiary/aromatic N) is 3. The zero-order valence-electron chi connectivity index (χ0n) is 7.87. The highest BCUT2D eigenvalue weighted by atomic mass is 16.4. The lowest BCUT2D eigenvalue weighted by Gasteiger charge is -1.97. The monoisotopic (exact) mass is 203 g/mol. The van der Waals surface area contributed by atoms with Crippen LogP contribution in [0.5, 0.6) is 0 Å². The van der Waals surface area contributed by atoms with Gasteiger partial charge in [-0.2, -0.15) is 0 Å². The summed E-state index contributed by atoms with van der Waals surface area (Å²) in [6.45, 7) is 0. The molecule has 0 aliphatic heterocycles. The zero-order valence-corrected chi connectivity index (χ0v) is 7.87. The van der Waals surface area contributed by atoms with Crippen molar-refractivity contribution in [1.82, 2.24) is 14.5 Å². The van der Waals surface area contributed by atoms with Gasteiger partial charge >= 0.3 is 5.97 Å². The van der Waals surface area contributed by atoms with E-state index in [1.54, 1.807) is 23.3 Å². The van der Waals surface area contributed by atoms with Crippen LogP contribution in [0.3, 0.4) is 0 Å². The summed E-state index contributed by atoms with van der Waals surface area (Å²) in [6, 6.07) is 5.50. The van der Waals surface area contributed by atoms with E-state index in [-0.39, 0.29) is 6.42 Å². The number of rotatable bonds is 3. The molecule has 0 spiro atoms. The van der Waals surface area contributed by atoms with Crippen LogP contribution in [-0.2, 0) is 11.2 Å². The standard InChI is InChI=1S/C10H9N3O2/c14-10(15)5-8-6-13(7-12-8)9-3-1-2-4-11-9/h1-4,6-7H,5H2,(H,14,15). The molecule has 0 aliphatic carbocycles. The lowest BCUT2D eigenvalue weighted by atomic mass is 10.3. The number of carboxylic acids is 1. The maximum absolute atomic E-state index is 10.4. The highest BCUT2D eigenvalue weighted by Crippen LogP contribution is 2.05. The van der Waals surface area contributed by atoms with E-state index in [1.165, 1.54) is 0 Å². The summed E-state index contributed by atoms with van der Waals surface area (Å²) >= 11 is 0. The summed E-state index contributed by atoms with van der Waals surface area (Å²) in [5.41, 5.74) is 0.521. The largest absolute Gasteiger partial charge is 0.481 e. The van der Waals surface area contributed by atoms with Crippen LogP contribution in [0, 0.1) is 0 Å². The third-order valence-electron chi connectivity index (χ3n) is 1.88. The Balaban J connectivity index is 2.24.